The molecule has 0 amide bonds. The van der Waals surface area contributed by atoms with E-state index in [0.717, 1.165) is 16.3 Å². The third-order valence-corrected chi connectivity index (χ3v) is 5.49. The van der Waals surface area contributed by atoms with Crippen LogP contribution in [0.2, 0.25) is 0 Å². The number of hydrogen-bond donors (Lipinski definition) is 1. The number of fused-ring (bicyclic) bond motifs is 1. The number of halogens is 1. The van der Waals surface area contributed by atoms with Gasteiger partial charge in [0, 0.05) is 18.2 Å². The lowest BCUT2D eigenvalue weighted by Gasteiger charge is -2.17. The Hall–Kier alpha value is -3.59. The number of benzene rings is 2. The van der Waals surface area contributed by atoms with E-state index in [1.54, 1.807) is 11.6 Å². The molecule has 4 aromatic rings. The van der Waals surface area contributed by atoms with Crippen LogP contribution >= 0.6 is 0 Å². The molecule has 4 rings (SSSR count). The zero-order valence-electron chi connectivity index (χ0n) is 18.3. The molecule has 0 aliphatic rings. The van der Waals surface area contributed by atoms with Crippen molar-refractivity contribution in [1.29, 1.82) is 0 Å². The van der Waals surface area contributed by atoms with Crippen LogP contribution in [0.5, 0.6) is 0 Å². The second kappa shape index (κ2) is 8.16. The standard InChI is InChI=1S/C23H24FN5O3/c1-5-27-20(12-30)25-29(23(27)32)19-11-18-16(10-17(19)24)22(31)21(26-28(18)13(2)3)15-9-7-6-8-14(15)4/h6-11,13,30H,5,12H2,1-4H3. The highest BCUT2D eigenvalue weighted by Gasteiger charge is 2.21. The molecule has 9 heteroatoms. The van der Waals surface area contributed by atoms with Gasteiger partial charge in [-0.05, 0) is 45.4 Å². The maximum absolute atomic E-state index is 15.2. The van der Waals surface area contributed by atoms with E-state index in [-0.39, 0.29) is 40.6 Å². The molecule has 0 saturated heterocycles. The van der Waals surface area contributed by atoms with Crippen molar-refractivity contribution in [3.05, 3.63) is 74.3 Å². The summed E-state index contributed by atoms with van der Waals surface area (Å²) in [5, 5.41) is 18.4. The van der Waals surface area contributed by atoms with Crippen LogP contribution in [0.4, 0.5) is 4.39 Å². The number of aliphatic hydroxyl groups excluding tert-OH is 1. The summed E-state index contributed by atoms with van der Waals surface area (Å²) in [6, 6.07) is 9.80. The van der Waals surface area contributed by atoms with Crippen LogP contribution in [0.1, 0.15) is 38.2 Å². The van der Waals surface area contributed by atoms with Gasteiger partial charge in [0.05, 0.1) is 10.9 Å². The molecule has 0 unspecified atom stereocenters. The van der Waals surface area contributed by atoms with E-state index in [0.29, 0.717) is 11.1 Å². The number of hydrogen-bond acceptors (Lipinski definition) is 5. The van der Waals surface area contributed by atoms with Gasteiger partial charge in [-0.15, -0.1) is 5.10 Å². The summed E-state index contributed by atoms with van der Waals surface area (Å²) in [4.78, 5) is 26.0. The lowest BCUT2D eigenvalue weighted by Crippen LogP contribution is -2.25. The van der Waals surface area contributed by atoms with Crippen molar-refractivity contribution in [1.82, 2.24) is 24.1 Å². The van der Waals surface area contributed by atoms with Gasteiger partial charge in [-0.3, -0.25) is 14.0 Å². The molecule has 166 valence electrons. The zero-order chi connectivity index (χ0) is 23.2. The second-order valence-corrected chi connectivity index (χ2v) is 7.86. The average molecular weight is 437 g/mol. The maximum atomic E-state index is 15.2. The minimum atomic E-state index is -0.765. The summed E-state index contributed by atoms with van der Waals surface area (Å²) >= 11 is 0. The van der Waals surface area contributed by atoms with Gasteiger partial charge in [0.15, 0.2) is 5.82 Å². The number of nitrogens with zero attached hydrogens (tertiary/aromatic N) is 5. The zero-order valence-corrected chi connectivity index (χ0v) is 18.3. The van der Waals surface area contributed by atoms with Crippen LogP contribution in [0.3, 0.4) is 0 Å². The van der Waals surface area contributed by atoms with E-state index >= 15 is 4.39 Å². The molecule has 0 aliphatic heterocycles. The van der Waals surface area contributed by atoms with Gasteiger partial charge in [0.2, 0.25) is 5.43 Å². The van der Waals surface area contributed by atoms with Crippen LogP contribution in [-0.4, -0.2) is 29.2 Å². The molecule has 2 heterocycles. The fourth-order valence-electron chi connectivity index (χ4n) is 3.86. The summed E-state index contributed by atoms with van der Waals surface area (Å²) in [5.41, 5.74) is 1.13. The largest absolute Gasteiger partial charge is 0.388 e. The number of aliphatic hydroxyl groups is 1. The molecule has 0 atom stereocenters. The van der Waals surface area contributed by atoms with Gasteiger partial charge in [0.1, 0.15) is 23.8 Å². The molecular formula is C23H24FN5O3. The van der Waals surface area contributed by atoms with Crippen LogP contribution < -0.4 is 11.1 Å². The third kappa shape index (κ3) is 3.34. The Morgan fingerprint density at radius 1 is 1.12 bits per heavy atom. The van der Waals surface area contributed by atoms with Gasteiger partial charge in [-0.2, -0.15) is 9.78 Å². The molecule has 0 spiro atoms. The second-order valence-electron chi connectivity index (χ2n) is 7.86. The van der Waals surface area contributed by atoms with Crippen LogP contribution in [0.15, 0.2) is 46.0 Å². The summed E-state index contributed by atoms with van der Waals surface area (Å²) in [7, 11) is 0. The molecule has 0 fully saturated rings. The highest BCUT2D eigenvalue weighted by molar-refractivity contribution is 5.84. The van der Waals surface area contributed by atoms with Crippen molar-refractivity contribution in [2.24, 2.45) is 0 Å². The minimum absolute atomic E-state index is 0.108. The van der Waals surface area contributed by atoms with Crippen LogP contribution in [0.25, 0.3) is 27.8 Å². The van der Waals surface area contributed by atoms with Gasteiger partial charge < -0.3 is 5.11 Å². The summed E-state index contributed by atoms with van der Waals surface area (Å²) in [6.45, 7) is 7.26. The molecule has 0 aliphatic carbocycles. The van der Waals surface area contributed by atoms with Crippen molar-refractivity contribution in [2.45, 2.75) is 46.9 Å². The Morgan fingerprint density at radius 2 is 1.84 bits per heavy atom. The Labute approximate surface area is 183 Å². The van der Waals surface area contributed by atoms with Gasteiger partial charge >= 0.3 is 5.69 Å². The third-order valence-electron chi connectivity index (χ3n) is 5.49. The van der Waals surface area contributed by atoms with E-state index in [4.69, 9.17) is 0 Å². The average Bonchev–Trinajstić information content (AvgIpc) is 3.09. The lowest BCUT2D eigenvalue weighted by atomic mass is 10.0. The van der Waals surface area contributed by atoms with Crippen molar-refractivity contribution < 1.29 is 9.50 Å². The first-order valence-electron chi connectivity index (χ1n) is 10.4. The first-order chi connectivity index (χ1) is 15.3. The monoisotopic (exact) mass is 437 g/mol. The fourth-order valence-corrected chi connectivity index (χ4v) is 3.86. The number of rotatable bonds is 5. The van der Waals surface area contributed by atoms with Crippen molar-refractivity contribution >= 4 is 10.9 Å². The van der Waals surface area contributed by atoms with Crippen molar-refractivity contribution in [2.75, 3.05) is 0 Å². The quantitative estimate of drug-likeness (QED) is 0.518. The smallest absolute Gasteiger partial charge is 0.350 e. The summed E-state index contributed by atoms with van der Waals surface area (Å²) < 4.78 is 19.0. The van der Waals surface area contributed by atoms with E-state index in [9.17, 15) is 14.7 Å². The highest BCUT2D eigenvalue weighted by atomic mass is 19.1. The van der Waals surface area contributed by atoms with Crippen molar-refractivity contribution in [3.63, 3.8) is 0 Å². The Morgan fingerprint density at radius 3 is 2.44 bits per heavy atom. The Kier molecular flexibility index (Phi) is 5.52. The van der Waals surface area contributed by atoms with Crippen LogP contribution in [0, 0.1) is 12.7 Å². The molecule has 0 bridgehead atoms. The maximum Gasteiger partial charge on any atom is 0.350 e. The minimum Gasteiger partial charge on any atom is -0.388 e. The molecule has 2 aromatic carbocycles. The van der Waals surface area contributed by atoms with Gasteiger partial charge in [0.25, 0.3) is 0 Å². The normalized spacial score (nSPS) is 11.6. The van der Waals surface area contributed by atoms with Crippen LogP contribution in [-0.2, 0) is 13.2 Å². The van der Waals surface area contributed by atoms with E-state index in [2.05, 4.69) is 10.2 Å². The number of aromatic nitrogens is 5. The molecule has 32 heavy (non-hydrogen) atoms. The first-order valence-corrected chi connectivity index (χ1v) is 10.4. The van der Waals surface area contributed by atoms with Gasteiger partial charge in [-0.1, -0.05) is 24.3 Å². The lowest BCUT2D eigenvalue weighted by molar-refractivity contribution is 0.264. The van der Waals surface area contributed by atoms with Gasteiger partial charge in [-0.25, -0.2) is 9.18 Å². The van der Waals surface area contributed by atoms with E-state index < -0.39 is 18.1 Å². The fraction of sp³-hybridized carbons (Fsp3) is 0.304. The molecule has 8 nitrogen and oxygen atoms in total. The molecule has 1 N–H and O–H groups in total. The SMILES string of the molecule is CCn1c(CO)nn(-c2cc3c(cc2F)c(=O)c(-c2ccccc2C)nn3C(C)C)c1=O. The topological polar surface area (TPSA) is 94.9 Å². The van der Waals surface area contributed by atoms with E-state index in [1.165, 1.54) is 10.6 Å². The Balaban J connectivity index is 2.06. The van der Waals surface area contributed by atoms with E-state index in [1.807, 2.05) is 45.0 Å². The summed E-state index contributed by atoms with van der Waals surface area (Å²) in [5.74, 6) is -0.634. The molecule has 0 radical (unpaired) electrons. The highest BCUT2D eigenvalue weighted by Crippen LogP contribution is 2.25. The summed E-state index contributed by atoms with van der Waals surface area (Å²) in [6.07, 6.45) is 0. The first kappa shape index (κ1) is 21.6. The predicted molar refractivity (Wildman–Crippen MR) is 119 cm³/mol. The molecule has 2 aromatic heterocycles. The number of aryl methyl sites for hydroxylation is 1. The van der Waals surface area contributed by atoms with Crippen molar-refractivity contribution in [3.8, 4) is 16.9 Å². The predicted octanol–water partition coefficient (Wildman–Crippen LogP) is 2.95. The molecule has 0 saturated carbocycles. The Bertz CT molecular complexity index is 1450. The molecular weight excluding hydrogens is 413 g/mol.